The van der Waals surface area contributed by atoms with Crippen LogP contribution in [0.15, 0.2) is 54.9 Å². The predicted octanol–water partition coefficient (Wildman–Crippen LogP) is 4.70. The highest BCUT2D eigenvalue weighted by Crippen LogP contribution is 2.33. The highest BCUT2D eigenvalue weighted by molar-refractivity contribution is 7.88. The van der Waals surface area contributed by atoms with Gasteiger partial charge in [-0.15, -0.1) is 0 Å². The first-order valence-electron chi connectivity index (χ1n) is 10.3. The Kier molecular flexibility index (Phi) is 6.34. The molecule has 1 aliphatic carbocycles. The molecule has 1 aromatic carbocycles. The fraction of sp³-hybridized carbons (Fsp3) is 0.364. The van der Waals surface area contributed by atoms with Crippen LogP contribution >= 0.6 is 0 Å². The molecule has 1 N–H and O–H groups in total. The lowest BCUT2D eigenvalue weighted by Crippen LogP contribution is -2.25. The summed E-state index contributed by atoms with van der Waals surface area (Å²) in [4.78, 5) is 4.05. The lowest BCUT2D eigenvalue weighted by atomic mass is 10.1. The molecule has 1 aliphatic rings. The molecular weight excluding hydrogens is 441 g/mol. The summed E-state index contributed by atoms with van der Waals surface area (Å²) in [5, 5.41) is 4.66. The molecule has 0 aliphatic heterocycles. The van der Waals surface area contributed by atoms with E-state index >= 15 is 0 Å². The molecular formula is C22H23F3N4O2S. The van der Waals surface area contributed by atoms with Gasteiger partial charge in [0.1, 0.15) is 0 Å². The molecule has 3 aromatic rings. The van der Waals surface area contributed by atoms with Crippen LogP contribution in [0.5, 0.6) is 0 Å². The number of sulfonamides is 1. The molecule has 2 heterocycles. The van der Waals surface area contributed by atoms with Crippen molar-refractivity contribution in [2.45, 2.75) is 50.2 Å². The van der Waals surface area contributed by atoms with Crippen molar-refractivity contribution in [3.05, 3.63) is 71.7 Å². The lowest BCUT2D eigenvalue weighted by Gasteiger charge is -2.14. The smallest absolute Gasteiger partial charge is 0.265 e. The Bertz CT molecular complexity index is 1150. The van der Waals surface area contributed by atoms with Gasteiger partial charge in [0.2, 0.25) is 10.0 Å². The fourth-order valence-electron chi connectivity index (χ4n) is 3.94. The van der Waals surface area contributed by atoms with Crippen molar-refractivity contribution in [3.8, 4) is 11.3 Å². The average molecular weight is 465 g/mol. The summed E-state index contributed by atoms with van der Waals surface area (Å²) in [6, 6.07) is 10.0. The van der Waals surface area contributed by atoms with E-state index in [-0.39, 0.29) is 18.2 Å². The van der Waals surface area contributed by atoms with E-state index in [1.807, 2.05) is 22.9 Å². The van der Waals surface area contributed by atoms with E-state index < -0.39 is 27.5 Å². The molecule has 6 nitrogen and oxygen atoms in total. The number of nitrogens with zero attached hydrogens (tertiary/aromatic N) is 3. The van der Waals surface area contributed by atoms with Crippen molar-refractivity contribution in [3.63, 3.8) is 0 Å². The van der Waals surface area contributed by atoms with Crippen LogP contribution in [0.25, 0.3) is 11.3 Å². The topological polar surface area (TPSA) is 76.9 Å². The maximum atomic E-state index is 12.7. The minimum atomic E-state index is -4.46. The summed E-state index contributed by atoms with van der Waals surface area (Å²) < 4.78 is 67.6. The molecule has 0 saturated heterocycles. The number of rotatable bonds is 7. The third-order valence-corrected chi connectivity index (χ3v) is 6.84. The standard InChI is InChI=1S/C22H23F3N4O2S/c23-22(24,25)18-7-5-16(6-8-18)15-32(30,31)27-14-19-13-21(17-9-11-26-12-10-17)29(28-19)20-3-1-2-4-20/h5-13,20,27H,1-4,14-15H2. The van der Waals surface area contributed by atoms with Crippen LogP contribution in [0.3, 0.4) is 0 Å². The monoisotopic (exact) mass is 464 g/mol. The maximum Gasteiger partial charge on any atom is 0.416 e. The Hall–Kier alpha value is -2.72. The highest BCUT2D eigenvalue weighted by Gasteiger charge is 2.30. The van der Waals surface area contributed by atoms with E-state index in [0.717, 1.165) is 49.1 Å². The number of hydrogen-bond acceptors (Lipinski definition) is 4. The van der Waals surface area contributed by atoms with E-state index in [2.05, 4.69) is 14.8 Å². The summed E-state index contributed by atoms with van der Waals surface area (Å²) in [5.74, 6) is -0.411. The number of halogens is 3. The summed E-state index contributed by atoms with van der Waals surface area (Å²) in [6.07, 6.45) is 3.27. The Balaban J connectivity index is 1.48. The SMILES string of the molecule is O=S(=O)(Cc1ccc(C(F)(F)F)cc1)NCc1cc(-c2ccncc2)n(C2CCCC2)n1. The van der Waals surface area contributed by atoms with E-state index in [0.29, 0.717) is 5.69 Å². The Morgan fingerprint density at radius 2 is 1.69 bits per heavy atom. The van der Waals surface area contributed by atoms with Crippen LogP contribution in [0.4, 0.5) is 13.2 Å². The van der Waals surface area contributed by atoms with Gasteiger partial charge >= 0.3 is 6.18 Å². The quantitative estimate of drug-likeness (QED) is 0.550. The first-order chi connectivity index (χ1) is 15.2. The summed E-state index contributed by atoms with van der Waals surface area (Å²) in [6.45, 7) is 0.000765. The minimum Gasteiger partial charge on any atom is -0.265 e. The van der Waals surface area contributed by atoms with Gasteiger partial charge in [0.05, 0.1) is 35.3 Å². The Morgan fingerprint density at radius 1 is 1.03 bits per heavy atom. The van der Waals surface area contributed by atoms with Gasteiger partial charge < -0.3 is 0 Å². The Labute approximate surface area is 184 Å². The number of aromatic nitrogens is 3. The highest BCUT2D eigenvalue weighted by atomic mass is 32.2. The molecule has 170 valence electrons. The Morgan fingerprint density at radius 3 is 2.31 bits per heavy atom. The number of hydrogen-bond donors (Lipinski definition) is 1. The second kappa shape index (κ2) is 9.03. The number of nitrogens with one attached hydrogen (secondary N) is 1. The number of benzene rings is 1. The van der Waals surface area contributed by atoms with Crippen LogP contribution in [-0.4, -0.2) is 23.2 Å². The van der Waals surface area contributed by atoms with Gasteiger partial charge in [0.25, 0.3) is 0 Å². The zero-order valence-corrected chi connectivity index (χ0v) is 18.0. The van der Waals surface area contributed by atoms with Gasteiger partial charge in [0.15, 0.2) is 0 Å². The third-order valence-electron chi connectivity index (χ3n) is 5.54. The second-order valence-corrected chi connectivity index (χ2v) is 9.72. The lowest BCUT2D eigenvalue weighted by molar-refractivity contribution is -0.137. The molecule has 4 rings (SSSR count). The van der Waals surface area contributed by atoms with Crippen molar-refractivity contribution in [2.75, 3.05) is 0 Å². The van der Waals surface area contributed by atoms with Crippen molar-refractivity contribution in [1.82, 2.24) is 19.5 Å². The molecule has 2 aromatic heterocycles. The minimum absolute atomic E-state index is 0.000765. The fourth-order valence-corrected chi connectivity index (χ4v) is 5.04. The molecule has 10 heteroatoms. The zero-order chi connectivity index (χ0) is 22.8. The van der Waals surface area contributed by atoms with Crippen LogP contribution < -0.4 is 4.72 Å². The van der Waals surface area contributed by atoms with Gasteiger partial charge in [-0.3, -0.25) is 9.67 Å². The van der Waals surface area contributed by atoms with Crippen molar-refractivity contribution in [1.29, 1.82) is 0 Å². The maximum absolute atomic E-state index is 12.7. The van der Waals surface area contributed by atoms with Gasteiger partial charge in [-0.05, 0) is 48.7 Å². The average Bonchev–Trinajstić information content (AvgIpc) is 3.42. The molecule has 0 spiro atoms. The number of alkyl halides is 3. The van der Waals surface area contributed by atoms with Crippen LogP contribution in [-0.2, 0) is 28.5 Å². The largest absolute Gasteiger partial charge is 0.416 e. The van der Waals surface area contributed by atoms with E-state index in [1.165, 1.54) is 12.1 Å². The van der Waals surface area contributed by atoms with E-state index in [9.17, 15) is 21.6 Å². The molecule has 0 amide bonds. The number of pyridine rings is 1. The predicted molar refractivity (Wildman–Crippen MR) is 114 cm³/mol. The van der Waals surface area contributed by atoms with E-state index in [1.54, 1.807) is 12.4 Å². The molecule has 1 saturated carbocycles. The molecule has 0 unspecified atom stereocenters. The summed E-state index contributed by atoms with van der Waals surface area (Å²) in [7, 11) is -3.76. The zero-order valence-electron chi connectivity index (χ0n) is 17.2. The van der Waals surface area contributed by atoms with Gasteiger partial charge in [-0.2, -0.15) is 18.3 Å². The molecule has 32 heavy (non-hydrogen) atoms. The third kappa shape index (κ3) is 5.36. The summed E-state index contributed by atoms with van der Waals surface area (Å²) in [5.41, 5.74) is 1.92. The van der Waals surface area contributed by atoms with Gasteiger partial charge in [-0.25, -0.2) is 13.1 Å². The van der Waals surface area contributed by atoms with Crippen LogP contribution in [0.2, 0.25) is 0 Å². The van der Waals surface area contributed by atoms with Crippen LogP contribution in [0, 0.1) is 0 Å². The molecule has 1 fully saturated rings. The van der Waals surface area contributed by atoms with Crippen molar-refractivity contribution in [2.24, 2.45) is 0 Å². The molecule has 0 radical (unpaired) electrons. The normalized spacial score (nSPS) is 15.3. The second-order valence-electron chi connectivity index (χ2n) is 7.91. The molecule has 0 atom stereocenters. The van der Waals surface area contributed by atoms with Crippen molar-refractivity contribution >= 4 is 10.0 Å². The first-order valence-corrected chi connectivity index (χ1v) is 12.0. The first kappa shape index (κ1) is 22.5. The van der Waals surface area contributed by atoms with E-state index in [4.69, 9.17) is 0 Å². The van der Waals surface area contributed by atoms with Gasteiger partial charge in [-0.1, -0.05) is 25.0 Å². The van der Waals surface area contributed by atoms with Crippen LogP contribution in [0.1, 0.15) is 48.5 Å². The summed E-state index contributed by atoms with van der Waals surface area (Å²) >= 11 is 0. The molecule has 0 bridgehead atoms. The van der Waals surface area contributed by atoms with Crippen molar-refractivity contribution < 1.29 is 21.6 Å². The van der Waals surface area contributed by atoms with Gasteiger partial charge in [0, 0.05) is 18.0 Å².